The molecule has 0 saturated carbocycles. The zero-order valence-electron chi connectivity index (χ0n) is 7.73. The van der Waals surface area contributed by atoms with Gasteiger partial charge in [0, 0.05) is 11.7 Å². The quantitative estimate of drug-likeness (QED) is 0.706. The Kier molecular flexibility index (Phi) is 1.77. The van der Waals surface area contributed by atoms with E-state index in [4.69, 9.17) is 5.73 Å². The highest BCUT2D eigenvalue weighted by molar-refractivity contribution is 5.40. The Balaban J connectivity index is 2.80. The normalized spacial score (nSPS) is 13.5. The van der Waals surface area contributed by atoms with Crippen molar-refractivity contribution in [2.45, 2.75) is 19.9 Å². The minimum Gasteiger partial charge on any atom is -0.323 e. The third kappa shape index (κ3) is 1.19. The average molecular weight is 176 g/mol. The lowest BCUT2D eigenvalue weighted by Gasteiger charge is -2.08. The maximum Gasteiger partial charge on any atom is 0.161 e. The Hall–Kier alpha value is -1.42. The number of nitrogens with two attached hydrogens (primary N) is 1. The third-order valence-electron chi connectivity index (χ3n) is 2.09. The molecule has 2 N–H and O–H groups in total. The van der Waals surface area contributed by atoms with Crippen LogP contribution >= 0.6 is 0 Å². The van der Waals surface area contributed by atoms with Crippen molar-refractivity contribution in [2.24, 2.45) is 5.73 Å². The van der Waals surface area contributed by atoms with Crippen LogP contribution < -0.4 is 5.73 Å². The van der Waals surface area contributed by atoms with E-state index in [0.29, 0.717) is 0 Å². The van der Waals surface area contributed by atoms with Crippen molar-refractivity contribution >= 4 is 5.65 Å². The van der Waals surface area contributed by atoms with Gasteiger partial charge in [-0.05, 0) is 26.0 Å². The lowest BCUT2D eigenvalue weighted by atomic mass is 10.2. The predicted molar refractivity (Wildman–Crippen MR) is 50.3 cm³/mol. The van der Waals surface area contributed by atoms with Gasteiger partial charge < -0.3 is 5.73 Å². The summed E-state index contributed by atoms with van der Waals surface area (Å²) in [6, 6.07) is 5.86. The van der Waals surface area contributed by atoms with Gasteiger partial charge in [0.25, 0.3) is 0 Å². The summed E-state index contributed by atoms with van der Waals surface area (Å²) in [4.78, 5) is 0. The minimum atomic E-state index is -0.00148. The number of fused-ring (bicyclic) bond motifs is 1. The second-order valence-corrected chi connectivity index (χ2v) is 3.18. The van der Waals surface area contributed by atoms with Crippen LogP contribution in [0.25, 0.3) is 5.65 Å². The summed E-state index contributed by atoms with van der Waals surface area (Å²) in [5, 5.41) is 8.01. The average Bonchev–Trinajstić information content (AvgIpc) is 2.48. The second kappa shape index (κ2) is 2.81. The summed E-state index contributed by atoms with van der Waals surface area (Å²) in [5.74, 6) is 0.878. The summed E-state index contributed by atoms with van der Waals surface area (Å²) in [6.07, 6.45) is 0. The Labute approximate surface area is 76.4 Å². The van der Waals surface area contributed by atoms with E-state index in [-0.39, 0.29) is 6.04 Å². The van der Waals surface area contributed by atoms with Gasteiger partial charge in [0.05, 0.1) is 0 Å². The smallest absolute Gasteiger partial charge is 0.161 e. The molecule has 0 spiro atoms. The van der Waals surface area contributed by atoms with Crippen molar-refractivity contribution in [2.75, 3.05) is 0 Å². The molecule has 2 aromatic heterocycles. The standard InChI is InChI=1S/C9H12N4/c1-6(10)8-4-3-5-9-12-11-7(2)13(8)9/h3-6H,10H2,1-2H3. The van der Waals surface area contributed by atoms with E-state index >= 15 is 0 Å². The fraction of sp³-hybridized carbons (Fsp3) is 0.333. The molecule has 13 heavy (non-hydrogen) atoms. The zero-order chi connectivity index (χ0) is 9.42. The lowest BCUT2D eigenvalue weighted by Crippen LogP contribution is -2.10. The van der Waals surface area contributed by atoms with Crippen LogP contribution in [-0.2, 0) is 0 Å². The van der Waals surface area contributed by atoms with Gasteiger partial charge in [0.1, 0.15) is 5.82 Å². The predicted octanol–water partition coefficient (Wildman–Crippen LogP) is 1.06. The summed E-state index contributed by atoms with van der Waals surface area (Å²) in [6.45, 7) is 3.88. The lowest BCUT2D eigenvalue weighted by molar-refractivity contribution is 0.753. The Morgan fingerprint density at radius 2 is 2.15 bits per heavy atom. The maximum atomic E-state index is 5.83. The number of aromatic nitrogens is 3. The van der Waals surface area contributed by atoms with Crippen LogP contribution in [-0.4, -0.2) is 14.6 Å². The van der Waals surface area contributed by atoms with Crippen LogP contribution in [0.5, 0.6) is 0 Å². The van der Waals surface area contributed by atoms with Crippen LogP contribution in [0.3, 0.4) is 0 Å². The van der Waals surface area contributed by atoms with Crippen molar-refractivity contribution < 1.29 is 0 Å². The minimum absolute atomic E-state index is 0.00148. The van der Waals surface area contributed by atoms with Crippen LogP contribution in [0, 0.1) is 6.92 Å². The van der Waals surface area contributed by atoms with E-state index in [1.54, 1.807) is 0 Å². The molecule has 0 saturated heterocycles. The van der Waals surface area contributed by atoms with Gasteiger partial charge in [-0.15, -0.1) is 10.2 Å². The van der Waals surface area contributed by atoms with Crippen molar-refractivity contribution in [3.63, 3.8) is 0 Å². The molecule has 4 heteroatoms. The molecule has 0 aliphatic heterocycles. The molecule has 0 aliphatic rings. The number of pyridine rings is 1. The van der Waals surface area contributed by atoms with Gasteiger partial charge in [0.15, 0.2) is 5.65 Å². The molecule has 2 heterocycles. The van der Waals surface area contributed by atoms with E-state index < -0.39 is 0 Å². The number of hydrogen-bond donors (Lipinski definition) is 1. The van der Waals surface area contributed by atoms with Crippen molar-refractivity contribution in [3.8, 4) is 0 Å². The molecule has 2 aromatic rings. The molecule has 0 aromatic carbocycles. The molecular weight excluding hydrogens is 164 g/mol. The molecule has 0 aliphatic carbocycles. The highest BCUT2D eigenvalue weighted by Crippen LogP contribution is 2.13. The Morgan fingerprint density at radius 3 is 2.85 bits per heavy atom. The molecule has 0 bridgehead atoms. The molecule has 0 fully saturated rings. The van der Waals surface area contributed by atoms with Crippen LogP contribution in [0.15, 0.2) is 18.2 Å². The highest BCUT2D eigenvalue weighted by Gasteiger charge is 2.07. The molecule has 0 amide bonds. The monoisotopic (exact) mass is 176 g/mol. The fourth-order valence-corrected chi connectivity index (χ4v) is 1.47. The van der Waals surface area contributed by atoms with Gasteiger partial charge in [-0.25, -0.2) is 0 Å². The van der Waals surface area contributed by atoms with E-state index in [1.165, 1.54) is 0 Å². The van der Waals surface area contributed by atoms with E-state index in [1.807, 2.05) is 36.4 Å². The number of hydrogen-bond acceptors (Lipinski definition) is 3. The SMILES string of the molecule is Cc1nnc2cccc(C(C)N)n12. The van der Waals surface area contributed by atoms with Gasteiger partial charge in [-0.3, -0.25) is 4.40 Å². The summed E-state index contributed by atoms with van der Waals surface area (Å²) in [5.41, 5.74) is 7.73. The Morgan fingerprint density at radius 1 is 1.38 bits per heavy atom. The first-order valence-corrected chi connectivity index (χ1v) is 4.26. The van der Waals surface area contributed by atoms with Crippen LogP contribution in [0.1, 0.15) is 24.5 Å². The van der Waals surface area contributed by atoms with Crippen LogP contribution in [0.2, 0.25) is 0 Å². The molecule has 2 rings (SSSR count). The van der Waals surface area contributed by atoms with Gasteiger partial charge in [-0.2, -0.15) is 0 Å². The molecular formula is C9H12N4. The maximum absolute atomic E-state index is 5.83. The van der Waals surface area contributed by atoms with Crippen molar-refractivity contribution in [1.29, 1.82) is 0 Å². The topological polar surface area (TPSA) is 56.2 Å². The third-order valence-corrected chi connectivity index (χ3v) is 2.09. The van der Waals surface area contributed by atoms with E-state index in [2.05, 4.69) is 10.2 Å². The first-order valence-electron chi connectivity index (χ1n) is 4.26. The highest BCUT2D eigenvalue weighted by atomic mass is 15.2. The van der Waals surface area contributed by atoms with Gasteiger partial charge in [0.2, 0.25) is 0 Å². The molecule has 0 radical (unpaired) electrons. The zero-order valence-corrected chi connectivity index (χ0v) is 7.73. The van der Waals surface area contributed by atoms with E-state index in [9.17, 15) is 0 Å². The molecule has 1 unspecified atom stereocenters. The molecule has 4 nitrogen and oxygen atoms in total. The first kappa shape index (κ1) is 8.19. The Bertz CT molecular complexity index is 430. The summed E-state index contributed by atoms with van der Waals surface area (Å²) in [7, 11) is 0. The second-order valence-electron chi connectivity index (χ2n) is 3.18. The van der Waals surface area contributed by atoms with Crippen molar-refractivity contribution in [1.82, 2.24) is 14.6 Å². The fourth-order valence-electron chi connectivity index (χ4n) is 1.47. The van der Waals surface area contributed by atoms with Gasteiger partial charge in [-0.1, -0.05) is 6.07 Å². The number of nitrogens with zero attached hydrogens (tertiary/aromatic N) is 3. The largest absolute Gasteiger partial charge is 0.323 e. The summed E-state index contributed by atoms with van der Waals surface area (Å²) >= 11 is 0. The van der Waals surface area contributed by atoms with Gasteiger partial charge >= 0.3 is 0 Å². The number of rotatable bonds is 1. The van der Waals surface area contributed by atoms with Crippen LogP contribution in [0.4, 0.5) is 0 Å². The van der Waals surface area contributed by atoms with Crippen molar-refractivity contribution in [3.05, 3.63) is 29.7 Å². The van der Waals surface area contributed by atoms with E-state index in [0.717, 1.165) is 17.2 Å². The first-order chi connectivity index (χ1) is 6.20. The molecule has 68 valence electrons. The number of aryl methyl sites for hydroxylation is 1. The summed E-state index contributed by atoms with van der Waals surface area (Å²) < 4.78 is 1.98. The molecule has 1 atom stereocenters.